The third-order valence-corrected chi connectivity index (χ3v) is 6.36. The van der Waals surface area contributed by atoms with E-state index in [-0.39, 0.29) is 4.64 Å². The number of nitrogens with one attached hydrogen (secondary N) is 1. The van der Waals surface area contributed by atoms with E-state index >= 15 is 0 Å². The first-order valence-electron chi connectivity index (χ1n) is 9.95. The Morgan fingerprint density at radius 3 is 2.55 bits per heavy atom. The fourth-order valence-electron chi connectivity index (χ4n) is 3.57. The van der Waals surface area contributed by atoms with Crippen LogP contribution in [-0.2, 0) is 11.2 Å². The molecule has 3 aromatic rings. The topological polar surface area (TPSA) is 117 Å². The molecular formula is C22H20Cl2N2O6S. The molecule has 4 N–H and O–H groups in total. The van der Waals surface area contributed by atoms with Gasteiger partial charge in [0.25, 0.3) is 0 Å². The number of aromatic nitrogens is 2. The molecule has 0 saturated carbocycles. The molecule has 1 fully saturated rings. The van der Waals surface area contributed by atoms with Crippen molar-refractivity contribution in [1.82, 2.24) is 9.55 Å². The van der Waals surface area contributed by atoms with Crippen LogP contribution in [0, 0.1) is 4.64 Å². The molecule has 0 aliphatic carbocycles. The van der Waals surface area contributed by atoms with E-state index in [4.69, 9.17) is 44.9 Å². The lowest BCUT2D eigenvalue weighted by atomic mass is 10.1. The number of hydrogen-bond acceptors (Lipinski definition) is 7. The average molecular weight is 511 g/mol. The molecular weight excluding hydrogens is 491 g/mol. The summed E-state index contributed by atoms with van der Waals surface area (Å²) in [6.07, 6.45) is -3.05. The molecule has 2 aromatic carbocycles. The van der Waals surface area contributed by atoms with Gasteiger partial charge in [-0.15, -0.1) is 0 Å². The van der Waals surface area contributed by atoms with Crippen LogP contribution in [0.4, 0.5) is 0 Å². The maximum absolute atomic E-state index is 12.5. The minimum atomic E-state index is -1.39. The van der Waals surface area contributed by atoms with Gasteiger partial charge < -0.3 is 24.8 Å². The summed E-state index contributed by atoms with van der Waals surface area (Å²) in [7, 11) is 0. The van der Waals surface area contributed by atoms with E-state index in [2.05, 4.69) is 4.98 Å². The van der Waals surface area contributed by atoms with Crippen LogP contribution in [0.3, 0.4) is 0 Å². The van der Waals surface area contributed by atoms with E-state index in [1.165, 1.54) is 6.20 Å². The first-order chi connectivity index (χ1) is 15.8. The molecule has 1 aliphatic heterocycles. The normalized spacial score (nSPS) is 22.5. The monoisotopic (exact) mass is 510 g/mol. The van der Waals surface area contributed by atoms with Crippen LogP contribution >= 0.6 is 35.4 Å². The van der Waals surface area contributed by atoms with Crippen molar-refractivity contribution in [2.45, 2.75) is 31.0 Å². The van der Waals surface area contributed by atoms with E-state index in [1.54, 1.807) is 24.3 Å². The fraction of sp³-hybridized carbons (Fsp3) is 0.273. The van der Waals surface area contributed by atoms with E-state index in [1.807, 2.05) is 18.2 Å². The Bertz CT molecular complexity index is 1280. The second-order valence-corrected chi connectivity index (χ2v) is 8.77. The Morgan fingerprint density at radius 1 is 1.09 bits per heavy atom. The van der Waals surface area contributed by atoms with E-state index in [0.717, 1.165) is 10.1 Å². The maximum Gasteiger partial charge on any atom is 0.328 e. The second kappa shape index (κ2) is 9.94. The molecule has 0 amide bonds. The molecule has 4 rings (SSSR count). The number of aliphatic hydroxyl groups excluding tert-OH is 3. The predicted octanol–water partition coefficient (Wildman–Crippen LogP) is 3.21. The average Bonchev–Trinajstić information content (AvgIpc) is 3.07. The van der Waals surface area contributed by atoms with E-state index < -0.39 is 36.8 Å². The zero-order chi connectivity index (χ0) is 23.7. The van der Waals surface area contributed by atoms with Gasteiger partial charge in [0.05, 0.1) is 16.7 Å². The molecule has 11 heteroatoms. The van der Waals surface area contributed by atoms with Crippen LogP contribution in [0.15, 0.2) is 53.5 Å². The van der Waals surface area contributed by atoms with Crippen LogP contribution in [0.25, 0.3) is 0 Å². The van der Waals surface area contributed by atoms with Gasteiger partial charge >= 0.3 is 5.69 Å². The van der Waals surface area contributed by atoms with Crippen molar-refractivity contribution in [2.24, 2.45) is 0 Å². The summed E-state index contributed by atoms with van der Waals surface area (Å²) < 4.78 is 12.7. The minimum absolute atomic E-state index is 0.235. The van der Waals surface area contributed by atoms with Gasteiger partial charge in [-0.3, -0.25) is 9.55 Å². The molecule has 33 heavy (non-hydrogen) atoms. The predicted molar refractivity (Wildman–Crippen MR) is 125 cm³/mol. The number of rotatable bonds is 6. The van der Waals surface area contributed by atoms with Crippen LogP contribution in [0.1, 0.15) is 17.4 Å². The lowest BCUT2D eigenvalue weighted by Crippen LogP contribution is -2.36. The van der Waals surface area contributed by atoms with Gasteiger partial charge in [0.1, 0.15) is 34.5 Å². The Kier molecular flexibility index (Phi) is 7.20. The summed E-state index contributed by atoms with van der Waals surface area (Å²) in [6, 6.07) is 12.3. The van der Waals surface area contributed by atoms with Crippen LogP contribution in [-0.4, -0.2) is 49.8 Å². The summed E-state index contributed by atoms with van der Waals surface area (Å²) in [5, 5.41) is 30.4. The molecule has 4 atom stereocenters. The highest BCUT2D eigenvalue weighted by atomic mass is 35.5. The van der Waals surface area contributed by atoms with Crippen molar-refractivity contribution >= 4 is 35.4 Å². The number of benzene rings is 2. The number of H-pyrrole nitrogens is 1. The highest BCUT2D eigenvalue weighted by Crippen LogP contribution is 2.31. The standard InChI is InChI=1S/C22H20Cl2N2O6S/c23-15-5-4-14(8-16(15)24)31-13-3-1-2-11(7-13)6-12-9-26(22(30)25-20(12)33)21-19(29)18(28)17(10-27)32-21/h1-5,7-9,17-19,21,27-29H,6,10H2,(H,25,30,33)/t17-,18?,19?,21-/m0/s1. The zero-order valence-electron chi connectivity index (χ0n) is 17.0. The second-order valence-electron chi connectivity index (χ2n) is 7.55. The molecule has 0 bridgehead atoms. The number of ether oxygens (including phenoxy) is 2. The van der Waals surface area contributed by atoms with Gasteiger partial charge in [-0.05, 0) is 29.8 Å². The number of halogens is 2. The van der Waals surface area contributed by atoms with Crippen LogP contribution in [0.5, 0.6) is 11.5 Å². The summed E-state index contributed by atoms with van der Waals surface area (Å²) >= 11 is 17.3. The van der Waals surface area contributed by atoms with Gasteiger partial charge in [0.15, 0.2) is 6.23 Å². The lowest BCUT2D eigenvalue weighted by Gasteiger charge is -2.18. The Labute approximate surface area is 203 Å². The quantitative estimate of drug-likeness (QED) is 0.376. The molecule has 2 unspecified atom stereocenters. The summed E-state index contributed by atoms with van der Waals surface area (Å²) in [6.45, 7) is -0.495. The molecule has 1 saturated heterocycles. The zero-order valence-corrected chi connectivity index (χ0v) is 19.3. The Morgan fingerprint density at radius 2 is 1.85 bits per heavy atom. The first-order valence-corrected chi connectivity index (χ1v) is 11.1. The third kappa shape index (κ3) is 5.15. The van der Waals surface area contributed by atoms with Crippen molar-refractivity contribution in [1.29, 1.82) is 0 Å². The highest BCUT2D eigenvalue weighted by Gasteiger charge is 2.43. The molecule has 1 aromatic heterocycles. The largest absolute Gasteiger partial charge is 0.457 e. The van der Waals surface area contributed by atoms with Crippen molar-refractivity contribution in [3.8, 4) is 11.5 Å². The Balaban J connectivity index is 1.59. The number of aliphatic hydroxyl groups is 3. The van der Waals surface area contributed by atoms with Crippen LogP contribution in [0.2, 0.25) is 10.0 Å². The molecule has 8 nitrogen and oxygen atoms in total. The molecule has 2 heterocycles. The van der Waals surface area contributed by atoms with E-state index in [9.17, 15) is 20.1 Å². The summed E-state index contributed by atoms with van der Waals surface area (Å²) in [5.74, 6) is 1.09. The van der Waals surface area contributed by atoms with Crippen molar-refractivity contribution in [3.63, 3.8) is 0 Å². The van der Waals surface area contributed by atoms with Crippen molar-refractivity contribution < 1.29 is 24.8 Å². The summed E-state index contributed by atoms with van der Waals surface area (Å²) in [5.41, 5.74) is 0.836. The number of aromatic amines is 1. The lowest BCUT2D eigenvalue weighted by molar-refractivity contribution is -0.0551. The molecule has 0 radical (unpaired) electrons. The molecule has 1 aliphatic rings. The molecule has 174 valence electrons. The Hall–Kier alpha value is -2.24. The highest BCUT2D eigenvalue weighted by molar-refractivity contribution is 7.71. The SMILES string of the molecule is O=c1[nH]c(=S)c(Cc2cccc(Oc3ccc(Cl)c(Cl)c3)c2)cn1[C@H]1O[C@@H](CO)C(O)C1O. The fourth-order valence-corrected chi connectivity index (χ4v) is 4.07. The molecule has 0 spiro atoms. The van der Waals surface area contributed by atoms with Crippen molar-refractivity contribution in [3.05, 3.63) is 85.0 Å². The number of hydrogen-bond donors (Lipinski definition) is 4. The third-order valence-electron chi connectivity index (χ3n) is 5.25. The van der Waals surface area contributed by atoms with Gasteiger partial charge in [0.2, 0.25) is 0 Å². The van der Waals surface area contributed by atoms with Gasteiger partial charge in [0, 0.05) is 24.2 Å². The maximum atomic E-state index is 12.5. The smallest absolute Gasteiger partial charge is 0.328 e. The van der Waals surface area contributed by atoms with Gasteiger partial charge in [-0.1, -0.05) is 47.6 Å². The van der Waals surface area contributed by atoms with E-state index in [0.29, 0.717) is 33.5 Å². The number of nitrogens with zero attached hydrogens (tertiary/aromatic N) is 1. The van der Waals surface area contributed by atoms with Gasteiger partial charge in [-0.2, -0.15) is 0 Å². The minimum Gasteiger partial charge on any atom is -0.457 e. The first kappa shape index (κ1) is 23.9. The summed E-state index contributed by atoms with van der Waals surface area (Å²) in [4.78, 5) is 15.0. The van der Waals surface area contributed by atoms with Crippen LogP contribution < -0.4 is 10.4 Å². The van der Waals surface area contributed by atoms with Crippen molar-refractivity contribution in [2.75, 3.05) is 6.61 Å². The van der Waals surface area contributed by atoms with Gasteiger partial charge in [-0.25, -0.2) is 4.79 Å².